The van der Waals surface area contributed by atoms with Gasteiger partial charge in [0.15, 0.2) is 22.7 Å². The van der Waals surface area contributed by atoms with Crippen LogP contribution >= 0.6 is 11.3 Å². The molecule has 0 fully saturated rings. The molecule has 0 aliphatic rings. The summed E-state index contributed by atoms with van der Waals surface area (Å²) in [6.45, 7) is 2.36. The monoisotopic (exact) mass is 728 g/mol. The van der Waals surface area contributed by atoms with Gasteiger partial charge in [-0.25, -0.2) is 0 Å². The van der Waals surface area contributed by atoms with Crippen molar-refractivity contribution in [3.63, 3.8) is 0 Å². The van der Waals surface area contributed by atoms with Crippen LogP contribution in [0.3, 0.4) is 0 Å². The van der Waals surface area contributed by atoms with Gasteiger partial charge in [-0.05, 0) is 60.0 Å². The van der Waals surface area contributed by atoms with Crippen LogP contribution in [0.25, 0.3) is 21.9 Å². The van der Waals surface area contributed by atoms with E-state index in [0.29, 0.717) is 22.6 Å². The predicted molar refractivity (Wildman–Crippen MR) is 205 cm³/mol. The highest BCUT2D eigenvalue weighted by atomic mass is 32.1. The van der Waals surface area contributed by atoms with E-state index in [1.165, 1.54) is 36.8 Å². The zero-order chi connectivity index (χ0) is 36.9. The molecule has 12 nitrogen and oxygen atoms in total. The molecule has 3 aromatic heterocycles. The molecule has 268 valence electrons. The van der Waals surface area contributed by atoms with Crippen LogP contribution in [0.5, 0.6) is 11.5 Å². The molecular formula is C40H36N6O6S. The summed E-state index contributed by atoms with van der Waals surface area (Å²) in [7, 11) is 4.85. The van der Waals surface area contributed by atoms with Gasteiger partial charge in [-0.3, -0.25) is 28.9 Å². The summed E-state index contributed by atoms with van der Waals surface area (Å²) in [5, 5.41) is 11.5. The number of rotatable bonds is 13. The molecule has 0 aliphatic carbocycles. The Morgan fingerprint density at radius 1 is 0.868 bits per heavy atom. The van der Waals surface area contributed by atoms with E-state index in [1.807, 2.05) is 53.9 Å². The number of amides is 2. The number of carbonyl (C=O) groups is 2. The molecule has 13 heteroatoms. The van der Waals surface area contributed by atoms with Crippen molar-refractivity contribution in [2.75, 3.05) is 31.4 Å². The van der Waals surface area contributed by atoms with Gasteiger partial charge in [0.2, 0.25) is 0 Å². The number of aromatic nitrogens is 3. The number of nitrogens with zero attached hydrogens (tertiary/aromatic N) is 4. The van der Waals surface area contributed by atoms with Gasteiger partial charge in [0, 0.05) is 61.0 Å². The third-order valence-electron chi connectivity index (χ3n) is 8.88. The molecule has 3 heterocycles. The first-order valence-electron chi connectivity index (χ1n) is 16.8. The van der Waals surface area contributed by atoms with Crippen LogP contribution < -0.4 is 25.5 Å². The van der Waals surface area contributed by atoms with Crippen LogP contribution in [-0.2, 0) is 26.6 Å². The number of thiazole rings is 1. The van der Waals surface area contributed by atoms with Gasteiger partial charge >= 0.3 is 0 Å². The first kappa shape index (κ1) is 35.1. The van der Waals surface area contributed by atoms with Gasteiger partial charge in [-0.2, -0.15) is 5.10 Å². The summed E-state index contributed by atoms with van der Waals surface area (Å²) < 4.78 is 18.5. The van der Waals surface area contributed by atoms with Crippen molar-refractivity contribution in [2.45, 2.75) is 19.5 Å². The fourth-order valence-corrected chi connectivity index (χ4v) is 6.77. The van der Waals surface area contributed by atoms with Crippen LogP contribution in [0.4, 0.5) is 11.4 Å². The number of methoxy groups -OCH3 is 2. The molecule has 0 bridgehead atoms. The molecule has 0 unspecified atom stereocenters. The minimum Gasteiger partial charge on any atom is -0.493 e. The van der Waals surface area contributed by atoms with E-state index >= 15 is 0 Å². The minimum absolute atomic E-state index is 0.117. The second kappa shape index (κ2) is 15.5. The largest absolute Gasteiger partial charge is 0.493 e. The van der Waals surface area contributed by atoms with Crippen molar-refractivity contribution >= 4 is 56.4 Å². The Kier molecular flexibility index (Phi) is 10.3. The second-order valence-corrected chi connectivity index (χ2v) is 13.4. The fraction of sp³-hybridized carbons (Fsp3) is 0.175. The third-order valence-corrected chi connectivity index (χ3v) is 9.65. The molecule has 0 saturated carbocycles. The summed E-state index contributed by atoms with van der Waals surface area (Å²) in [5.74, 6) is -0.807. The quantitative estimate of drug-likeness (QED) is 0.130. The lowest BCUT2D eigenvalue weighted by Crippen LogP contribution is -2.25. The van der Waals surface area contributed by atoms with Crippen molar-refractivity contribution in [1.82, 2.24) is 19.7 Å². The summed E-state index contributed by atoms with van der Waals surface area (Å²) in [4.78, 5) is 47.5. The van der Waals surface area contributed by atoms with Crippen LogP contribution in [-0.4, -0.2) is 52.2 Å². The highest BCUT2D eigenvalue weighted by Gasteiger charge is 2.21. The number of para-hydroxylation sites is 1. The van der Waals surface area contributed by atoms with Crippen LogP contribution in [0.2, 0.25) is 0 Å². The lowest BCUT2D eigenvalue weighted by atomic mass is 10.1. The normalized spacial score (nSPS) is 11.2. The van der Waals surface area contributed by atoms with Crippen LogP contribution in [0, 0.1) is 0 Å². The van der Waals surface area contributed by atoms with Gasteiger partial charge in [0.05, 0.1) is 48.1 Å². The van der Waals surface area contributed by atoms with Crippen molar-refractivity contribution < 1.29 is 23.5 Å². The Balaban J connectivity index is 1.05. The van der Waals surface area contributed by atoms with Gasteiger partial charge < -0.3 is 24.5 Å². The summed E-state index contributed by atoms with van der Waals surface area (Å²) >= 11 is 1.64. The lowest BCUT2D eigenvalue weighted by Gasteiger charge is -2.22. The standard InChI is InChI=1S/C40H36N6O6S/c1-45-33-13-10-26(16-27(33)20-42-45)22-46(23-29-21-41-24-53-29)15-14-25-8-11-28(12-9-25)43-39(48)31-17-36(50-2)37(51-3)18-32(31)44-40(49)38-19-34(47)30-6-4-5-7-35(30)52-38/h4-13,16-21,24H,14-15,22-23H2,1-3H3,(H,43,48)(H,44,49). The maximum Gasteiger partial charge on any atom is 0.291 e. The number of fused-ring (bicyclic) bond motifs is 2. The Hall–Kier alpha value is -6.31. The van der Waals surface area contributed by atoms with E-state index in [1.54, 1.807) is 35.6 Å². The van der Waals surface area contributed by atoms with Crippen molar-refractivity contribution in [1.29, 1.82) is 0 Å². The zero-order valence-electron chi connectivity index (χ0n) is 29.3. The Morgan fingerprint density at radius 2 is 1.64 bits per heavy atom. The highest BCUT2D eigenvalue weighted by molar-refractivity contribution is 7.09. The number of hydrogen-bond donors (Lipinski definition) is 2. The fourth-order valence-electron chi connectivity index (χ4n) is 6.13. The Bertz CT molecular complexity index is 2480. The number of benzene rings is 4. The number of anilines is 2. The lowest BCUT2D eigenvalue weighted by molar-refractivity contribution is 0.0997. The van der Waals surface area contributed by atoms with Gasteiger partial charge in [-0.15, -0.1) is 11.3 Å². The van der Waals surface area contributed by atoms with Crippen molar-refractivity contribution in [3.8, 4) is 11.5 Å². The molecular weight excluding hydrogens is 693 g/mol. The predicted octanol–water partition coefficient (Wildman–Crippen LogP) is 6.90. The Morgan fingerprint density at radius 3 is 2.42 bits per heavy atom. The van der Waals surface area contributed by atoms with Crippen molar-refractivity contribution in [2.24, 2.45) is 7.05 Å². The topological polar surface area (TPSA) is 141 Å². The molecule has 53 heavy (non-hydrogen) atoms. The average molecular weight is 729 g/mol. The summed E-state index contributed by atoms with van der Waals surface area (Å²) in [5.41, 5.74) is 6.00. The van der Waals surface area contributed by atoms with Crippen LogP contribution in [0.1, 0.15) is 36.9 Å². The molecule has 0 radical (unpaired) electrons. The zero-order valence-corrected chi connectivity index (χ0v) is 30.1. The first-order valence-corrected chi connectivity index (χ1v) is 17.7. The molecule has 0 aliphatic heterocycles. The molecule has 0 atom stereocenters. The molecule has 7 aromatic rings. The maximum absolute atomic E-state index is 13.7. The van der Waals surface area contributed by atoms with Gasteiger partial charge in [-0.1, -0.05) is 30.3 Å². The van der Waals surface area contributed by atoms with Gasteiger partial charge in [0.1, 0.15) is 5.58 Å². The molecule has 4 aromatic carbocycles. The number of hydrogen-bond acceptors (Lipinski definition) is 10. The van der Waals surface area contributed by atoms with E-state index in [9.17, 15) is 14.4 Å². The van der Waals surface area contributed by atoms with E-state index < -0.39 is 11.8 Å². The maximum atomic E-state index is 13.7. The smallest absolute Gasteiger partial charge is 0.291 e. The van der Waals surface area contributed by atoms with Gasteiger partial charge in [0.25, 0.3) is 11.8 Å². The number of aryl methyl sites for hydroxylation is 1. The molecule has 0 spiro atoms. The molecule has 7 rings (SSSR count). The Labute approximate surface area is 308 Å². The number of carbonyl (C=O) groups excluding carboxylic acids is 2. The van der Waals surface area contributed by atoms with E-state index in [4.69, 9.17) is 13.9 Å². The second-order valence-electron chi connectivity index (χ2n) is 12.4. The van der Waals surface area contributed by atoms with E-state index in [0.717, 1.165) is 48.6 Å². The highest BCUT2D eigenvalue weighted by Crippen LogP contribution is 2.34. The molecule has 2 N–H and O–H groups in total. The SMILES string of the molecule is COc1cc(NC(=O)c2cc(=O)c3ccccc3o2)c(C(=O)Nc2ccc(CCN(Cc3ccc4c(cnn4C)c3)Cc3cncs3)cc2)cc1OC. The number of nitrogens with one attached hydrogen (secondary N) is 2. The van der Waals surface area contributed by atoms with Crippen LogP contribution in [0.15, 0.2) is 112 Å². The van der Waals surface area contributed by atoms with E-state index in [-0.39, 0.29) is 28.0 Å². The van der Waals surface area contributed by atoms with Crippen molar-refractivity contribution in [3.05, 3.63) is 140 Å². The molecule has 0 saturated heterocycles. The molecule has 2 amide bonds. The average Bonchev–Trinajstić information content (AvgIpc) is 3.83. The summed E-state index contributed by atoms with van der Waals surface area (Å²) in [6, 6.07) is 24.9. The van der Waals surface area contributed by atoms with E-state index in [2.05, 4.69) is 43.8 Å². The number of ether oxygens (including phenoxy) is 2. The first-order chi connectivity index (χ1) is 25.8. The minimum atomic E-state index is -0.708. The third kappa shape index (κ3) is 7.96. The summed E-state index contributed by atoms with van der Waals surface area (Å²) in [6.07, 6.45) is 4.59.